The minimum Gasteiger partial charge on any atom is -0.508 e. The van der Waals surface area contributed by atoms with Gasteiger partial charge in [-0.25, -0.2) is 4.79 Å². The Morgan fingerprint density at radius 2 is 1.44 bits per heavy atom. The lowest BCUT2D eigenvalue weighted by molar-refractivity contribution is -0.353. The van der Waals surface area contributed by atoms with Gasteiger partial charge < -0.3 is 84.3 Å². The Morgan fingerprint density at radius 3 is 2.13 bits per heavy atom. The monoisotopic (exact) mass is 772 g/mol. The lowest BCUT2D eigenvalue weighted by Gasteiger charge is -2.45. The van der Waals surface area contributed by atoms with Crippen LogP contribution < -0.4 is 10.2 Å². The van der Waals surface area contributed by atoms with Crippen molar-refractivity contribution in [3.05, 3.63) is 76.5 Å². The van der Waals surface area contributed by atoms with Crippen LogP contribution in [0.4, 0.5) is 0 Å². The maximum absolute atomic E-state index is 13.8. The van der Waals surface area contributed by atoms with Gasteiger partial charge in [0.2, 0.25) is 17.5 Å². The summed E-state index contributed by atoms with van der Waals surface area (Å²) in [6.45, 7) is -1.61. The van der Waals surface area contributed by atoms with E-state index >= 15 is 0 Å². The van der Waals surface area contributed by atoms with Crippen molar-refractivity contribution in [1.82, 2.24) is 0 Å². The van der Waals surface area contributed by atoms with Gasteiger partial charge in [0.05, 0.1) is 6.61 Å². The second-order valence-corrected chi connectivity index (χ2v) is 12.6. The van der Waals surface area contributed by atoms with Gasteiger partial charge >= 0.3 is 5.97 Å². The summed E-state index contributed by atoms with van der Waals surface area (Å²) in [4.78, 5) is 26.2. The first-order valence-electron chi connectivity index (χ1n) is 16.5. The molecule has 19 nitrogen and oxygen atoms in total. The van der Waals surface area contributed by atoms with Gasteiger partial charge in [0, 0.05) is 23.8 Å². The van der Waals surface area contributed by atoms with E-state index in [1.165, 1.54) is 48.5 Å². The van der Waals surface area contributed by atoms with Crippen molar-refractivity contribution >= 4 is 23.0 Å². The first-order valence-corrected chi connectivity index (χ1v) is 16.5. The largest absolute Gasteiger partial charge is 0.508 e. The average Bonchev–Trinajstić information content (AvgIpc) is 3.15. The fraction of sp³-hybridized carbons (Fsp3) is 0.333. The van der Waals surface area contributed by atoms with Gasteiger partial charge in [-0.05, 0) is 48.0 Å². The van der Waals surface area contributed by atoms with Crippen LogP contribution in [0, 0.1) is 0 Å². The van der Waals surface area contributed by atoms with Crippen LogP contribution in [0.5, 0.6) is 34.5 Å². The van der Waals surface area contributed by atoms with E-state index in [0.29, 0.717) is 5.56 Å². The van der Waals surface area contributed by atoms with Crippen LogP contribution >= 0.6 is 0 Å². The Balaban J connectivity index is 1.23. The van der Waals surface area contributed by atoms with Crippen LogP contribution in [-0.4, -0.2) is 137 Å². The smallest absolute Gasteiger partial charge is 0.330 e. The number of aliphatic hydroxyl groups excluding tert-OH is 6. The standard InChI is InChI=1S/C36H36O19/c37-12-22-27(45)33(54-35-30(48)29(47)26(44)23(53-35)13-50-24(43)8-2-14-1-7-18(40)19(41)9-14)31(49)36(52-22)55-34-28(46)25-20(42)10-17(39)11-21(25)51-32(34)15-3-5-16(38)6-4-15/h1-11,22-23,26-27,29-31,33,35-42,44-45,47-49H,12-13H2/t22-,23-,26-,27-,29+,30-,31-,33+,35+,36+/m1/s1. The molecule has 0 aliphatic carbocycles. The summed E-state index contributed by atoms with van der Waals surface area (Å²) in [5.41, 5.74) is -0.828. The summed E-state index contributed by atoms with van der Waals surface area (Å²) in [5, 5.41) is 113. The van der Waals surface area contributed by atoms with E-state index in [0.717, 1.165) is 18.2 Å². The molecule has 0 unspecified atom stereocenters. The number of rotatable bonds is 10. The Kier molecular flexibility index (Phi) is 11.5. The number of aromatic hydroxyl groups is 5. The Hall–Kier alpha value is -5.48. The summed E-state index contributed by atoms with van der Waals surface area (Å²) >= 11 is 0. The fourth-order valence-corrected chi connectivity index (χ4v) is 5.95. The summed E-state index contributed by atoms with van der Waals surface area (Å²) in [6, 6.07) is 10.9. The number of ether oxygens (including phenoxy) is 5. The van der Waals surface area contributed by atoms with Gasteiger partial charge in [0.25, 0.3) is 0 Å². The van der Waals surface area contributed by atoms with Crippen LogP contribution in [0.25, 0.3) is 28.4 Å². The minimum absolute atomic E-state index is 0.139. The number of hydrogen-bond donors (Lipinski definition) is 11. The number of carbonyl (C=O) groups is 1. The van der Waals surface area contributed by atoms with E-state index in [-0.39, 0.29) is 28.4 Å². The van der Waals surface area contributed by atoms with Crippen molar-refractivity contribution in [3.63, 3.8) is 0 Å². The molecule has 0 amide bonds. The third-order valence-electron chi connectivity index (χ3n) is 8.86. The van der Waals surface area contributed by atoms with Crippen LogP contribution in [0.15, 0.2) is 69.9 Å². The molecule has 0 radical (unpaired) electrons. The summed E-state index contributed by atoms with van der Waals surface area (Å²) in [5.74, 6) is -4.05. The number of fused-ring (bicyclic) bond motifs is 1. The number of phenols is 5. The molecule has 0 spiro atoms. The molecule has 0 saturated carbocycles. The lowest BCUT2D eigenvalue weighted by atomic mass is 9.97. The highest BCUT2D eigenvalue weighted by atomic mass is 16.7. The molecule has 4 aromatic rings. The predicted molar refractivity (Wildman–Crippen MR) is 183 cm³/mol. The third-order valence-corrected chi connectivity index (χ3v) is 8.86. The first kappa shape index (κ1) is 39.2. The molecule has 294 valence electrons. The van der Waals surface area contributed by atoms with E-state index in [9.17, 15) is 65.8 Å². The van der Waals surface area contributed by atoms with Crippen molar-refractivity contribution in [1.29, 1.82) is 0 Å². The molecular weight excluding hydrogens is 736 g/mol. The van der Waals surface area contributed by atoms with E-state index in [2.05, 4.69) is 0 Å². The van der Waals surface area contributed by atoms with Gasteiger partial charge in [0.15, 0.2) is 23.5 Å². The van der Waals surface area contributed by atoms with Gasteiger partial charge in [0.1, 0.15) is 83.7 Å². The van der Waals surface area contributed by atoms with E-state index in [1.807, 2.05) is 0 Å². The highest BCUT2D eigenvalue weighted by molar-refractivity contribution is 5.88. The van der Waals surface area contributed by atoms with Crippen LogP contribution in [0.3, 0.4) is 0 Å². The number of carbonyl (C=O) groups excluding carboxylic acids is 1. The van der Waals surface area contributed by atoms with Crippen molar-refractivity contribution in [2.45, 2.75) is 61.4 Å². The molecule has 3 aromatic carbocycles. The summed E-state index contributed by atoms with van der Waals surface area (Å²) in [7, 11) is 0. The molecule has 19 heteroatoms. The Bertz CT molecular complexity index is 2100. The predicted octanol–water partition coefficient (Wildman–Crippen LogP) is -0.745. The fourth-order valence-electron chi connectivity index (χ4n) is 5.95. The maximum atomic E-state index is 13.8. The zero-order valence-electron chi connectivity index (χ0n) is 28.2. The highest BCUT2D eigenvalue weighted by Crippen LogP contribution is 2.38. The van der Waals surface area contributed by atoms with Gasteiger partial charge in [-0.3, -0.25) is 4.79 Å². The molecule has 3 heterocycles. The number of hydrogen-bond acceptors (Lipinski definition) is 19. The van der Waals surface area contributed by atoms with E-state index in [1.54, 1.807) is 0 Å². The third kappa shape index (κ3) is 8.15. The number of benzene rings is 3. The highest BCUT2D eigenvalue weighted by Gasteiger charge is 2.52. The summed E-state index contributed by atoms with van der Waals surface area (Å²) in [6.07, 6.45) is -16.5. The molecule has 11 N–H and O–H groups in total. The summed E-state index contributed by atoms with van der Waals surface area (Å²) < 4.78 is 33.6. The minimum atomic E-state index is -2.07. The SMILES string of the molecule is O=C(C=Cc1ccc(O)c(O)c1)OC[C@H]1O[C@@H](O[C@@H]2[C@@H](O)[C@H](Oc3c(-c4ccc(O)cc4)oc4cc(O)cc(O)c4c3=O)O[C@H](CO)[C@H]2O)[C@H](O)[C@@H](O)[C@@H]1O. The zero-order valence-corrected chi connectivity index (χ0v) is 28.2. The van der Waals surface area contributed by atoms with Gasteiger partial charge in [-0.2, -0.15) is 0 Å². The molecule has 2 aliphatic heterocycles. The van der Waals surface area contributed by atoms with Crippen molar-refractivity contribution in [2.24, 2.45) is 0 Å². The molecular formula is C36H36O19. The molecule has 2 saturated heterocycles. The molecule has 0 bridgehead atoms. The molecule has 1 aromatic heterocycles. The van der Waals surface area contributed by atoms with Gasteiger partial charge in [-0.1, -0.05) is 6.07 Å². The molecule has 2 aliphatic rings. The van der Waals surface area contributed by atoms with Gasteiger partial charge in [-0.15, -0.1) is 0 Å². The molecule has 6 rings (SSSR count). The Morgan fingerprint density at radius 1 is 0.727 bits per heavy atom. The maximum Gasteiger partial charge on any atom is 0.330 e. The van der Waals surface area contributed by atoms with Crippen LogP contribution in [-0.2, 0) is 23.7 Å². The van der Waals surface area contributed by atoms with Crippen molar-refractivity contribution < 1.29 is 89.1 Å². The van der Waals surface area contributed by atoms with Crippen LogP contribution in [0.1, 0.15) is 5.56 Å². The van der Waals surface area contributed by atoms with Crippen molar-refractivity contribution in [2.75, 3.05) is 13.2 Å². The number of esters is 1. The quantitative estimate of drug-likeness (QED) is 0.0537. The average molecular weight is 773 g/mol. The molecule has 2 fully saturated rings. The topological polar surface area (TPSA) is 316 Å². The number of phenolic OH excluding ortho intramolecular Hbond substituents is 5. The lowest BCUT2D eigenvalue weighted by Crippen LogP contribution is -2.65. The first-order chi connectivity index (χ1) is 26.2. The zero-order chi connectivity index (χ0) is 39.7. The molecule has 55 heavy (non-hydrogen) atoms. The van der Waals surface area contributed by atoms with Crippen LogP contribution in [0.2, 0.25) is 0 Å². The van der Waals surface area contributed by atoms with E-state index < -0.39 is 114 Å². The Labute approximate surface area is 308 Å². The normalized spacial score (nSPS) is 28.3. The second kappa shape index (κ2) is 16.1. The molecule has 10 atom stereocenters. The number of aliphatic hydroxyl groups is 6. The second-order valence-electron chi connectivity index (χ2n) is 12.6. The van der Waals surface area contributed by atoms with E-state index in [4.69, 9.17) is 28.1 Å². The van der Waals surface area contributed by atoms with Crippen molar-refractivity contribution in [3.8, 4) is 45.8 Å².